The van der Waals surface area contributed by atoms with E-state index in [1.165, 1.54) is 12.3 Å². The number of carbonyl (C=O) groups is 1. The fourth-order valence-corrected chi connectivity index (χ4v) is 1.36. The molecule has 0 unspecified atom stereocenters. The average Bonchev–Trinajstić information content (AvgIpc) is 2.64. The number of rotatable bonds is 1. The Morgan fingerprint density at radius 3 is 2.71 bits per heavy atom. The number of hydrogen-bond donors (Lipinski definition) is 1. The highest BCUT2D eigenvalue weighted by Crippen LogP contribution is 2.31. The molecule has 17 heavy (non-hydrogen) atoms. The summed E-state index contributed by atoms with van der Waals surface area (Å²) in [5.74, 6) is -0.0692. The van der Waals surface area contributed by atoms with Crippen molar-refractivity contribution < 1.29 is 19.1 Å². The van der Waals surface area contributed by atoms with Crippen molar-refractivity contribution in [1.29, 1.82) is 0 Å². The highest BCUT2D eigenvalue weighted by molar-refractivity contribution is 5.86. The first-order valence-electron chi connectivity index (χ1n) is 5.30. The van der Waals surface area contributed by atoms with Crippen LogP contribution in [0.15, 0.2) is 28.9 Å². The van der Waals surface area contributed by atoms with E-state index in [0.29, 0.717) is 16.7 Å². The lowest BCUT2D eigenvalue weighted by molar-refractivity contribution is -0.142. The van der Waals surface area contributed by atoms with Crippen LogP contribution >= 0.6 is 0 Å². The number of phenolic OH excluding ortho intramolecular Hbond substituents is 1. The SMILES string of the molecule is CC(C)(C)C(=O)Oc1cc(O)c2occc2c1. The first-order chi connectivity index (χ1) is 7.88. The van der Waals surface area contributed by atoms with Gasteiger partial charge in [-0.2, -0.15) is 0 Å². The van der Waals surface area contributed by atoms with E-state index >= 15 is 0 Å². The fraction of sp³-hybridized carbons (Fsp3) is 0.308. The van der Waals surface area contributed by atoms with Crippen LogP contribution in [0, 0.1) is 5.41 Å². The molecule has 0 spiro atoms. The third kappa shape index (κ3) is 2.25. The van der Waals surface area contributed by atoms with Gasteiger partial charge in [-0.1, -0.05) is 0 Å². The Balaban J connectivity index is 2.34. The molecule has 1 heterocycles. The maximum atomic E-state index is 11.7. The molecule has 4 nitrogen and oxygen atoms in total. The van der Waals surface area contributed by atoms with Crippen LogP contribution in [-0.2, 0) is 4.79 Å². The summed E-state index contributed by atoms with van der Waals surface area (Å²) in [4.78, 5) is 11.7. The average molecular weight is 234 g/mol. The molecule has 0 saturated carbocycles. The number of esters is 1. The van der Waals surface area contributed by atoms with E-state index in [-0.39, 0.29) is 11.7 Å². The molecule has 0 aliphatic heterocycles. The number of phenols is 1. The maximum Gasteiger partial charge on any atom is 0.316 e. The van der Waals surface area contributed by atoms with Crippen molar-refractivity contribution in [3.63, 3.8) is 0 Å². The van der Waals surface area contributed by atoms with Gasteiger partial charge < -0.3 is 14.3 Å². The molecular formula is C13H14O4. The number of fused-ring (bicyclic) bond motifs is 1. The summed E-state index contributed by atoms with van der Waals surface area (Å²) in [6.45, 7) is 5.31. The fourth-order valence-electron chi connectivity index (χ4n) is 1.36. The molecular weight excluding hydrogens is 220 g/mol. The number of furan rings is 1. The van der Waals surface area contributed by atoms with Crippen LogP contribution in [0.4, 0.5) is 0 Å². The second-order valence-electron chi connectivity index (χ2n) is 4.92. The van der Waals surface area contributed by atoms with Crippen molar-refractivity contribution in [3.8, 4) is 11.5 Å². The van der Waals surface area contributed by atoms with Gasteiger partial charge in [0.15, 0.2) is 11.3 Å². The molecule has 0 radical (unpaired) electrons. The van der Waals surface area contributed by atoms with Gasteiger partial charge in [0, 0.05) is 11.5 Å². The molecule has 2 aromatic rings. The summed E-state index contributed by atoms with van der Waals surface area (Å²) < 4.78 is 10.3. The van der Waals surface area contributed by atoms with Crippen LogP contribution in [0.5, 0.6) is 11.5 Å². The van der Waals surface area contributed by atoms with Crippen LogP contribution < -0.4 is 4.74 Å². The molecule has 1 aromatic carbocycles. The van der Waals surface area contributed by atoms with Gasteiger partial charge >= 0.3 is 5.97 Å². The lowest BCUT2D eigenvalue weighted by Gasteiger charge is -2.16. The van der Waals surface area contributed by atoms with Gasteiger partial charge in [0.1, 0.15) is 5.75 Å². The Labute approximate surface area is 98.8 Å². The molecule has 2 rings (SSSR count). The van der Waals surface area contributed by atoms with E-state index in [1.54, 1.807) is 32.9 Å². The molecule has 0 aliphatic rings. The Bertz CT molecular complexity index is 560. The Kier molecular flexibility index (Phi) is 2.58. The number of aromatic hydroxyl groups is 1. The third-order valence-corrected chi connectivity index (χ3v) is 2.33. The van der Waals surface area contributed by atoms with Crippen molar-refractivity contribution in [3.05, 3.63) is 24.5 Å². The standard InChI is InChI=1S/C13H14O4/c1-13(2,3)12(15)17-9-6-8-4-5-16-11(8)10(14)7-9/h4-7,14H,1-3H3. The highest BCUT2D eigenvalue weighted by atomic mass is 16.5. The van der Waals surface area contributed by atoms with E-state index in [2.05, 4.69) is 0 Å². The number of ether oxygens (including phenoxy) is 1. The lowest BCUT2D eigenvalue weighted by atomic mass is 9.97. The highest BCUT2D eigenvalue weighted by Gasteiger charge is 2.24. The van der Waals surface area contributed by atoms with Gasteiger partial charge in [-0.15, -0.1) is 0 Å². The van der Waals surface area contributed by atoms with Crippen LogP contribution in [0.1, 0.15) is 20.8 Å². The minimum atomic E-state index is -0.582. The summed E-state index contributed by atoms with van der Waals surface area (Å²) in [6, 6.07) is 4.72. The zero-order valence-corrected chi connectivity index (χ0v) is 9.98. The van der Waals surface area contributed by atoms with Gasteiger partial charge in [-0.3, -0.25) is 4.79 Å². The van der Waals surface area contributed by atoms with E-state index in [1.807, 2.05) is 0 Å². The van der Waals surface area contributed by atoms with Gasteiger partial charge in [0.25, 0.3) is 0 Å². The van der Waals surface area contributed by atoms with Crippen LogP contribution in [0.25, 0.3) is 11.0 Å². The first kappa shape index (κ1) is 11.5. The van der Waals surface area contributed by atoms with E-state index in [0.717, 1.165) is 0 Å². The van der Waals surface area contributed by atoms with Gasteiger partial charge in [0.05, 0.1) is 11.7 Å². The second kappa shape index (κ2) is 3.80. The molecule has 0 saturated heterocycles. The Morgan fingerprint density at radius 2 is 2.06 bits per heavy atom. The molecule has 0 fully saturated rings. The lowest BCUT2D eigenvalue weighted by Crippen LogP contribution is -2.25. The van der Waals surface area contributed by atoms with Crippen LogP contribution in [0.2, 0.25) is 0 Å². The molecule has 1 aromatic heterocycles. The van der Waals surface area contributed by atoms with Gasteiger partial charge in [0.2, 0.25) is 0 Å². The minimum Gasteiger partial charge on any atom is -0.504 e. The predicted molar refractivity (Wildman–Crippen MR) is 63.0 cm³/mol. The van der Waals surface area contributed by atoms with Crippen molar-refractivity contribution in [2.45, 2.75) is 20.8 Å². The van der Waals surface area contributed by atoms with Crippen molar-refractivity contribution in [2.75, 3.05) is 0 Å². The predicted octanol–water partition coefficient (Wildman–Crippen LogP) is 3.09. The van der Waals surface area contributed by atoms with Crippen LogP contribution in [0.3, 0.4) is 0 Å². The first-order valence-corrected chi connectivity index (χ1v) is 5.30. The summed E-state index contributed by atoms with van der Waals surface area (Å²) in [5.41, 5.74) is -0.193. The normalized spacial score (nSPS) is 11.7. The number of carbonyl (C=O) groups excluding carboxylic acids is 1. The largest absolute Gasteiger partial charge is 0.504 e. The smallest absolute Gasteiger partial charge is 0.316 e. The molecule has 0 amide bonds. The topological polar surface area (TPSA) is 59.7 Å². The Hall–Kier alpha value is -1.97. The molecule has 0 atom stereocenters. The summed E-state index contributed by atoms with van der Waals surface area (Å²) in [6.07, 6.45) is 1.47. The number of hydrogen-bond acceptors (Lipinski definition) is 4. The van der Waals surface area contributed by atoms with Crippen molar-refractivity contribution in [1.82, 2.24) is 0 Å². The summed E-state index contributed by atoms with van der Waals surface area (Å²) >= 11 is 0. The quantitative estimate of drug-likeness (QED) is 0.608. The van der Waals surface area contributed by atoms with Gasteiger partial charge in [-0.25, -0.2) is 0 Å². The Morgan fingerprint density at radius 1 is 1.35 bits per heavy atom. The molecule has 0 bridgehead atoms. The third-order valence-electron chi connectivity index (χ3n) is 2.33. The second-order valence-corrected chi connectivity index (χ2v) is 4.92. The molecule has 4 heteroatoms. The monoisotopic (exact) mass is 234 g/mol. The van der Waals surface area contributed by atoms with E-state index in [9.17, 15) is 9.90 Å². The summed E-state index contributed by atoms with van der Waals surface area (Å²) in [5, 5.41) is 10.4. The number of benzene rings is 1. The van der Waals surface area contributed by atoms with E-state index < -0.39 is 5.41 Å². The maximum absolute atomic E-state index is 11.7. The van der Waals surface area contributed by atoms with Crippen molar-refractivity contribution in [2.24, 2.45) is 5.41 Å². The van der Waals surface area contributed by atoms with E-state index in [4.69, 9.17) is 9.15 Å². The van der Waals surface area contributed by atoms with Crippen molar-refractivity contribution >= 4 is 16.9 Å². The molecule has 1 N–H and O–H groups in total. The molecule has 90 valence electrons. The summed E-state index contributed by atoms with van der Waals surface area (Å²) in [7, 11) is 0. The van der Waals surface area contributed by atoms with Gasteiger partial charge in [-0.05, 0) is 32.9 Å². The zero-order valence-electron chi connectivity index (χ0n) is 9.98. The van der Waals surface area contributed by atoms with Crippen LogP contribution in [-0.4, -0.2) is 11.1 Å². The minimum absolute atomic E-state index is 0.0378. The molecule has 0 aliphatic carbocycles. The zero-order chi connectivity index (χ0) is 12.6.